The quantitative estimate of drug-likeness (QED) is 0.875. The molecule has 0 unspecified atom stereocenters. The molecule has 1 N–H and O–H groups in total. The maximum Gasteiger partial charge on any atom is 0.137 e. The van der Waals surface area contributed by atoms with Crippen molar-refractivity contribution in [2.24, 2.45) is 0 Å². The fourth-order valence-corrected chi connectivity index (χ4v) is 1.63. The number of nitrogens with one attached hydrogen (secondary N) is 1. The maximum absolute atomic E-state index is 5.75. The summed E-state index contributed by atoms with van der Waals surface area (Å²) in [6, 6.07) is 7.27. The Morgan fingerprint density at radius 3 is 2.93 bits per heavy atom. The largest absolute Gasteiger partial charge is 0.466 e. The molecule has 0 aromatic carbocycles. The molecular weight excluding hydrogens is 279 g/mol. The minimum atomic E-state index is 0.471. The molecule has 0 radical (unpaired) electrons. The fourth-order valence-electron chi connectivity index (χ4n) is 1.13. The van der Waals surface area contributed by atoms with Crippen molar-refractivity contribution in [1.82, 2.24) is 4.98 Å². The van der Waals surface area contributed by atoms with Crippen LogP contribution in [-0.4, -0.2) is 4.98 Å². The van der Waals surface area contributed by atoms with Crippen LogP contribution in [0.2, 0.25) is 5.15 Å². The number of rotatable bonds is 3. The van der Waals surface area contributed by atoms with Gasteiger partial charge in [-0.2, -0.15) is 0 Å². The van der Waals surface area contributed by atoms with Crippen molar-refractivity contribution >= 4 is 33.3 Å². The first kappa shape index (κ1) is 10.5. The Bertz CT molecular complexity index is 458. The maximum atomic E-state index is 5.75. The molecule has 3 nitrogen and oxygen atoms in total. The van der Waals surface area contributed by atoms with E-state index in [1.807, 2.05) is 18.2 Å². The van der Waals surface area contributed by atoms with Gasteiger partial charge in [0.2, 0.25) is 0 Å². The number of hydrogen-bond donors (Lipinski definition) is 1. The summed E-state index contributed by atoms with van der Waals surface area (Å²) < 4.78 is 6.19. The predicted molar refractivity (Wildman–Crippen MR) is 63.0 cm³/mol. The summed E-state index contributed by atoms with van der Waals surface area (Å²) in [5.74, 6) is 1.56. The average Bonchev–Trinajstić information content (AvgIpc) is 2.61. The van der Waals surface area contributed by atoms with Crippen LogP contribution < -0.4 is 5.32 Å². The van der Waals surface area contributed by atoms with Crippen LogP contribution in [0.25, 0.3) is 0 Å². The van der Waals surface area contributed by atoms with Gasteiger partial charge >= 0.3 is 0 Å². The molecule has 0 aliphatic rings. The van der Waals surface area contributed by atoms with Crippen molar-refractivity contribution in [2.45, 2.75) is 6.54 Å². The summed E-state index contributed by atoms with van der Waals surface area (Å²) in [4.78, 5) is 4.10. The van der Waals surface area contributed by atoms with Gasteiger partial charge in [0.25, 0.3) is 0 Å². The Morgan fingerprint density at radius 2 is 2.27 bits per heavy atom. The minimum absolute atomic E-state index is 0.471. The van der Waals surface area contributed by atoms with Crippen LogP contribution in [0.4, 0.5) is 5.82 Å². The molecule has 2 rings (SSSR count). The second-order valence-corrected chi connectivity index (χ2v) is 4.13. The summed E-state index contributed by atoms with van der Waals surface area (Å²) in [6.45, 7) is 0.570. The summed E-state index contributed by atoms with van der Waals surface area (Å²) in [5, 5.41) is 3.58. The zero-order chi connectivity index (χ0) is 10.7. The number of aromatic nitrogens is 1. The van der Waals surface area contributed by atoms with Gasteiger partial charge in [0.15, 0.2) is 0 Å². The Hall–Kier alpha value is -1.000. The van der Waals surface area contributed by atoms with Gasteiger partial charge < -0.3 is 9.73 Å². The molecule has 0 aliphatic heterocycles. The molecule has 2 aromatic heterocycles. The molecule has 0 saturated heterocycles. The van der Waals surface area contributed by atoms with E-state index in [1.54, 1.807) is 12.3 Å². The SMILES string of the molecule is Clc1cccc(NCc2occc2Br)n1. The number of hydrogen-bond acceptors (Lipinski definition) is 3. The van der Waals surface area contributed by atoms with Crippen LogP contribution in [0.3, 0.4) is 0 Å². The summed E-state index contributed by atoms with van der Waals surface area (Å²) in [6.07, 6.45) is 1.63. The topological polar surface area (TPSA) is 38.1 Å². The molecule has 0 fully saturated rings. The number of nitrogens with zero attached hydrogens (tertiary/aromatic N) is 1. The molecule has 0 atom stereocenters. The Balaban J connectivity index is 2.02. The second kappa shape index (κ2) is 4.68. The molecule has 0 saturated carbocycles. The van der Waals surface area contributed by atoms with E-state index in [2.05, 4.69) is 26.2 Å². The van der Waals surface area contributed by atoms with Crippen LogP contribution in [0, 0.1) is 0 Å². The number of pyridine rings is 1. The van der Waals surface area contributed by atoms with Crippen molar-refractivity contribution in [3.63, 3.8) is 0 Å². The van der Waals surface area contributed by atoms with Crippen LogP contribution in [0.5, 0.6) is 0 Å². The Kier molecular flexibility index (Phi) is 3.28. The van der Waals surface area contributed by atoms with Gasteiger partial charge in [-0.15, -0.1) is 0 Å². The van der Waals surface area contributed by atoms with E-state index in [4.69, 9.17) is 16.0 Å². The average molecular weight is 288 g/mol. The molecule has 78 valence electrons. The molecule has 2 aromatic rings. The standard InChI is InChI=1S/C10H8BrClN2O/c11-7-4-5-15-8(7)6-13-10-3-1-2-9(12)14-10/h1-5H,6H2,(H,13,14). The molecule has 0 spiro atoms. The first-order chi connectivity index (χ1) is 7.25. The van der Waals surface area contributed by atoms with Crippen LogP contribution >= 0.6 is 27.5 Å². The van der Waals surface area contributed by atoms with Crippen molar-refractivity contribution in [1.29, 1.82) is 0 Å². The second-order valence-electron chi connectivity index (χ2n) is 2.89. The first-order valence-electron chi connectivity index (χ1n) is 4.34. The molecule has 15 heavy (non-hydrogen) atoms. The number of anilines is 1. The molecule has 0 amide bonds. The summed E-state index contributed by atoms with van der Waals surface area (Å²) in [7, 11) is 0. The highest BCUT2D eigenvalue weighted by Gasteiger charge is 2.03. The lowest BCUT2D eigenvalue weighted by atomic mass is 10.4. The Labute approximate surface area is 101 Å². The molecule has 0 bridgehead atoms. The van der Waals surface area contributed by atoms with E-state index in [9.17, 15) is 0 Å². The monoisotopic (exact) mass is 286 g/mol. The van der Waals surface area contributed by atoms with Crippen LogP contribution in [0.15, 0.2) is 39.4 Å². The van der Waals surface area contributed by atoms with Crippen molar-refractivity contribution in [3.8, 4) is 0 Å². The lowest BCUT2D eigenvalue weighted by molar-refractivity contribution is 0.515. The zero-order valence-electron chi connectivity index (χ0n) is 7.71. The normalized spacial score (nSPS) is 10.3. The van der Waals surface area contributed by atoms with E-state index in [0.717, 1.165) is 16.1 Å². The third kappa shape index (κ3) is 2.73. The van der Waals surface area contributed by atoms with Gasteiger partial charge in [0.1, 0.15) is 16.7 Å². The highest BCUT2D eigenvalue weighted by molar-refractivity contribution is 9.10. The zero-order valence-corrected chi connectivity index (χ0v) is 10.0. The summed E-state index contributed by atoms with van der Waals surface area (Å²) >= 11 is 9.13. The number of halogens is 2. The van der Waals surface area contributed by atoms with E-state index < -0.39 is 0 Å². The van der Waals surface area contributed by atoms with Gasteiger partial charge in [-0.1, -0.05) is 17.7 Å². The van der Waals surface area contributed by atoms with Gasteiger partial charge in [0, 0.05) is 0 Å². The van der Waals surface area contributed by atoms with E-state index >= 15 is 0 Å². The third-order valence-electron chi connectivity index (χ3n) is 1.84. The molecule has 5 heteroatoms. The van der Waals surface area contributed by atoms with E-state index in [-0.39, 0.29) is 0 Å². The van der Waals surface area contributed by atoms with Crippen molar-refractivity contribution < 1.29 is 4.42 Å². The lowest BCUT2D eigenvalue weighted by Gasteiger charge is -2.03. The van der Waals surface area contributed by atoms with Gasteiger partial charge in [-0.05, 0) is 34.1 Å². The van der Waals surface area contributed by atoms with Crippen molar-refractivity contribution in [3.05, 3.63) is 45.9 Å². The van der Waals surface area contributed by atoms with Crippen molar-refractivity contribution in [2.75, 3.05) is 5.32 Å². The first-order valence-corrected chi connectivity index (χ1v) is 5.51. The molecule has 0 aliphatic carbocycles. The van der Waals surface area contributed by atoms with Gasteiger partial charge in [0.05, 0.1) is 17.3 Å². The minimum Gasteiger partial charge on any atom is -0.466 e. The molecule has 2 heterocycles. The Morgan fingerprint density at radius 1 is 1.40 bits per heavy atom. The van der Waals surface area contributed by atoms with E-state index in [0.29, 0.717) is 11.7 Å². The highest BCUT2D eigenvalue weighted by atomic mass is 79.9. The summed E-state index contributed by atoms with van der Waals surface area (Å²) in [5.41, 5.74) is 0. The third-order valence-corrected chi connectivity index (χ3v) is 2.75. The smallest absolute Gasteiger partial charge is 0.137 e. The fraction of sp³-hybridized carbons (Fsp3) is 0.100. The van der Waals surface area contributed by atoms with Crippen LogP contribution in [-0.2, 0) is 6.54 Å². The van der Waals surface area contributed by atoms with Gasteiger partial charge in [-0.3, -0.25) is 0 Å². The predicted octanol–water partition coefficient (Wildman–Crippen LogP) is 3.70. The lowest BCUT2D eigenvalue weighted by Crippen LogP contribution is -2.00. The number of furan rings is 1. The van der Waals surface area contributed by atoms with Gasteiger partial charge in [-0.25, -0.2) is 4.98 Å². The van der Waals surface area contributed by atoms with Crippen LogP contribution in [0.1, 0.15) is 5.76 Å². The highest BCUT2D eigenvalue weighted by Crippen LogP contribution is 2.18. The molecular formula is C10H8BrClN2O. The van der Waals surface area contributed by atoms with E-state index in [1.165, 1.54) is 0 Å².